The molecule has 23 heavy (non-hydrogen) atoms. The van der Waals surface area contributed by atoms with Gasteiger partial charge in [-0.15, -0.1) is 0 Å². The van der Waals surface area contributed by atoms with Crippen molar-refractivity contribution >= 4 is 31.3 Å². The number of nitrogens with zero attached hydrogens (tertiary/aromatic N) is 1. The molecule has 2 atom stereocenters. The molecular weight excluding hydrogens is 362 g/mol. The molecule has 2 aliphatic heterocycles. The Morgan fingerprint density at radius 3 is 2.30 bits per heavy atom. The third kappa shape index (κ3) is 3.56. The van der Waals surface area contributed by atoms with Crippen LogP contribution in [0.2, 0.25) is 5.02 Å². The minimum Gasteiger partial charge on any atom is -0.379 e. The number of rotatable bonds is 3. The van der Waals surface area contributed by atoms with Crippen molar-refractivity contribution in [3.63, 3.8) is 0 Å². The molecule has 0 aromatic heterocycles. The molecule has 1 aromatic rings. The molecule has 3 rings (SSSR count). The van der Waals surface area contributed by atoms with Gasteiger partial charge in [-0.05, 0) is 24.3 Å². The van der Waals surface area contributed by atoms with Gasteiger partial charge in [0, 0.05) is 24.2 Å². The molecule has 0 N–H and O–H groups in total. The van der Waals surface area contributed by atoms with Crippen LogP contribution < -0.4 is 0 Å². The molecule has 2 unspecified atom stereocenters. The van der Waals surface area contributed by atoms with Crippen LogP contribution >= 0.6 is 11.6 Å². The standard InChI is InChI=1S/C14H18ClNO5S2/c15-11-1-3-12(4-2-11)23(19,20)14-10-22(17,18)9-13(14)16-5-7-21-8-6-16/h1-4,13-14H,5-10H2. The van der Waals surface area contributed by atoms with Crippen LogP contribution in [0.1, 0.15) is 0 Å². The Labute approximate surface area is 141 Å². The maximum absolute atomic E-state index is 12.9. The zero-order valence-corrected chi connectivity index (χ0v) is 14.8. The van der Waals surface area contributed by atoms with Crippen LogP contribution in [0.3, 0.4) is 0 Å². The first-order valence-corrected chi connectivity index (χ1v) is 11.1. The second-order valence-corrected chi connectivity index (χ2v) is 10.6. The fraction of sp³-hybridized carbons (Fsp3) is 0.571. The summed E-state index contributed by atoms with van der Waals surface area (Å²) in [5.41, 5.74) is 0. The second-order valence-electron chi connectivity index (χ2n) is 5.83. The van der Waals surface area contributed by atoms with Crippen molar-refractivity contribution in [2.24, 2.45) is 0 Å². The minimum absolute atomic E-state index is 0.113. The first kappa shape index (κ1) is 17.2. The lowest BCUT2D eigenvalue weighted by Crippen LogP contribution is -2.50. The topological polar surface area (TPSA) is 80.8 Å². The highest BCUT2D eigenvalue weighted by molar-refractivity contribution is 7.96. The SMILES string of the molecule is O=S1(=O)CC(N2CCOCC2)C(S(=O)(=O)c2ccc(Cl)cc2)C1. The predicted octanol–water partition coefficient (Wildman–Crippen LogP) is 0.612. The van der Waals surface area contributed by atoms with Gasteiger partial charge in [-0.25, -0.2) is 16.8 Å². The summed E-state index contributed by atoms with van der Waals surface area (Å²) in [6, 6.07) is 5.34. The highest BCUT2D eigenvalue weighted by atomic mass is 35.5. The number of benzene rings is 1. The van der Waals surface area contributed by atoms with E-state index in [2.05, 4.69) is 0 Å². The summed E-state index contributed by atoms with van der Waals surface area (Å²) in [5.74, 6) is -0.454. The highest BCUT2D eigenvalue weighted by Crippen LogP contribution is 2.30. The van der Waals surface area contributed by atoms with Crippen molar-refractivity contribution in [1.29, 1.82) is 0 Å². The van der Waals surface area contributed by atoms with Crippen molar-refractivity contribution in [2.75, 3.05) is 37.8 Å². The van der Waals surface area contributed by atoms with E-state index in [1.807, 2.05) is 4.90 Å². The van der Waals surface area contributed by atoms with Crippen molar-refractivity contribution in [3.05, 3.63) is 29.3 Å². The van der Waals surface area contributed by atoms with E-state index in [4.69, 9.17) is 16.3 Å². The summed E-state index contributed by atoms with van der Waals surface area (Å²) in [6.07, 6.45) is 0. The van der Waals surface area contributed by atoms with Crippen LogP contribution in [-0.4, -0.2) is 70.8 Å². The number of hydrogen-bond acceptors (Lipinski definition) is 6. The summed E-state index contributed by atoms with van der Waals surface area (Å²) in [4.78, 5) is 2.04. The highest BCUT2D eigenvalue weighted by Gasteiger charge is 2.48. The summed E-state index contributed by atoms with van der Waals surface area (Å²) in [6.45, 7) is 2.08. The Bertz CT molecular complexity index is 770. The summed E-state index contributed by atoms with van der Waals surface area (Å²) < 4.78 is 55.3. The van der Waals surface area contributed by atoms with Crippen molar-refractivity contribution in [1.82, 2.24) is 4.90 Å². The van der Waals surface area contributed by atoms with Crippen LogP contribution in [0.25, 0.3) is 0 Å². The largest absolute Gasteiger partial charge is 0.379 e. The quantitative estimate of drug-likeness (QED) is 0.765. The van der Waals surface area contributed by atoms with Gasteiger partial charge in [0.25, 0.3) is 0 Å². The third-order valence-corrected chi connectivity index (χ3v) is 8.71. The fourth-order valence-corrected chi connectivity index (χ4v) is 8.10. The van der Waals surface area contributed by atoms with Crippen molar-refractivity contribution < 1.29 is 21.6 Å². The van der Waals surface area contributed by atoms with E-state index in [-0.39, 0.29) is 16.4 Å². The fourth-order valence-electron chi connectivity index (χ4n) is 3.14. The molecule has 0 saturated carbocycles. The third-order valence-electron chi connectivity index (χ3n) is 4.33. The van der Waals surface area contributed by atoms with E-state index in [0.717, 1.165) is 0 Å². The zero-order valence-electron chi connectivity index (χ0n) is 12.4. The summed E-state index contributed by atoms with van der Waals surface area (Å²) in [7, 11) is -7.13. The molecule has 2 heterocycles. The Balaban J connectivity index is 1.95. The van der Waals surface area contributed by atoms with Gasteiger partial charge < -0.3 is 4.74 Å². The maximum Gasteiger partial charge on any atom is 0.183 e. The summed E-state index contributed by atoms with van der Waals surface area (Å²) in [5, 5.41) is -0.514. The predicted molar refractivity (Wildman–Crippen MR) is 87.3 cm³/mol. The second kappa shape index (κ2) is 6.33. The van der Waals surface area contributed by atoms with Gasteiger partial charge in [-0.1, -0.05) is 11.6 Å². The molecule has 1 aromatic carbocycles. The lowest BCUT2D eigenvalue weighted by molar-refractivity contribution is 0.0222. The molecular formula is C14H18ClNO5S2. The number of ether oxygens (including phenoxy) is 1. The minimum atomic E-state index is -3.75. The molecule has 128 valence electrons. The van der Waals surface area contributed by atoms with E-state index < -0.39 is 31.0 Å². The van der Waals surface area contributed by atoms with E-state index >= 15 is 0 Å². The molecule has 0 bridgehead atoms. The van der Waals surface area contributed by atoms with Crippen LogP contribution in [0.4, 0.5) is 0 Å². The van der Waals surface area contributed by atoms with E-state index in [0.29, 0.717) is 31.3 Å². The van der Waals surface area contributed by atoms with Gasteiger partial charge in [-0.3, -0.25) is 4.90 Å². The van der Waals surface area contributed by atoms with Crippen LogP contribution in [0, 0.1) is 0 Å². The molecule has 0 spiro atoms. The van der Waals surface area contributed by atoms with Crippen molar-refractivity contribution in [2.45, 2.75) is 16.2 Å². The van der Waals surface area contributed by atoms with Crippen LogP contribution in [-0.2, 0) is 24.4 Å². The van der Waals surface area contributed by atoms with Crippen LogP contribution in [0.15, 0.2) is 29.2 Å². The Kier molecular flexibility index (Phi) is 4.72. The lowest BCUT2D eigenvalue weighted by Gasteiger charge is -2.34. The number of morpholine rings is 1. The molecule has 6 nitrogen and oxygen atoms in total. The van der Waals surface area contributed by atoms with E-state index in [1.54, 1.807) is 0 Å². The van der Waals surface area contributed by atoms with E-state index in [1.165, 1.54) is 24.3 Å². The van der Waals surface area contributed by atoms with Gasteiger partial charge in [0.1, 0.15) is 0 Å². The molecule has 0 aliphatic carbocycles. The average molecular weight is 380 g/mol. The monoisotopic (exact) mass is 379 g/mol. The van der Waals surface area contributed by atoms with Gasteiger partial charge in [0.05, 0.1) is 34.9 Å². The first-order valence-electron chi connectivity index (χ1n) is 7.31. The van der Waals surface area contributed by atoms with Gasteiger partial charge in [0.15, 0.2) is 19.7 Å². The molecule has 9 heteroatoms. The zero-order chi connectivity index (χ0) is 16.7. The Morgan fingerprint density at radius 1 is 1.09 bits per heavy atom. The lowest BCUT2D eigenvalue weighted by atomic mass is 10.2. The molecule has 2 aliphatic rings. The van der Waals surface area contributed by atoms with Crippen LogP contribution in [0.5, 0.6) is 0 Å². The molecule has 0 amide bonds. The Hall–Kier alpha value is -0.670. The molecule has 2 fully saturated rings. The smallest absolute Gasteiger partial charge is 0.183 e. The van der Waals surface area contributed by atoms with Gasteiger partial charge in [0.2, 0.25) is 0 Å². The molecule has 2 saturated heterocycles. The van der Waals surface area contributed by atoms with E-state index in [9.17, 15) is 16.8 Å². The average Bonchev–Trinajstić information content (AvgIpc) is 2.85. The number of sulfone groups is 2. The molecule has 0 radical (unpaired) electrons. The number of hydrogen-bond donors (Lipinski definition) is 0. The Morgan fingerprint density at radius 2 is 1.70 bits per heavy atom. The normalized spacial score (nSPS) is 28.7. The number of halogens is 1. The van der Waals surface area contributed by atoms with Gasteiger partial charge in [-0.2, -0.15) is 0 Å². The summed E-state index contributed by atoms with van der Waals surface area (Å²) >= 11 is 5.80. The first-order chi connectivity index (χ1) is 10.8. The van der Waals surface area contributed by atoms with Gasteiger partial charge >= 0.3 is 0 Å². The maximum atomic E-state index is 12.9. The van der Waals surface area contributed by atoms with Crippen molar-refractivity contribution in [3.8, 4) is 0 Å².